The topological polar surface area (TPSA) is 77.3 Å². The number of allylic oxidation sites excluding steroid dienone is 2. The predicted molar refractivity (Wildman–Crippen MR) is 90.9 cm³/mol. The first-order valence-electron chi connectivity index (χ1n) is 6.61. The van der Waals surface area contributed by atoms with Crippen LogP contribution in [0, 0.1) is 10.1 Å². The van der Waals surface area contributed by atoms with Crippen molar-refractivity contribution in [3.63, 3.8) is 0 Å². The Bertz CT molecular complexity index is 922. The second-order valence-corrected chi connectivity index (χ2v) is 6.44. The zero-order valence-corrected chi connectivity index (χ0v) is 13.7. The molecule has 0 bridgehead atoms. The summed E-state index contributed by atoms with van der Waals surface area (Å²) in [5.74, 6) is 0. The molecule has 8 heteroatoms. The standard InChI is InChI=1S/C16H11ClFNO4S/c17-16-10-7-14(19(20)21)11-13(16)4-2-1-3-12-5-8-15(9-6-12)24(18,22)23/h1-11H. The van der Waals surface area contributed by atoms with Gasteiger partial charge in [0.05, 0.1) is 9.82 Å². The molecule has 0 heterocycles. The van der Waals surface area contributed by atoms with Gasteiger partial charge in [-0.1, -0.05) is 48.0 Å². The molecule has 2 aromatic rings. The molecule has 0 aliphatic carbocycles. The number of benzene rings is 2. The van der Waals surface area contributed by atoms with E-state index in [1.807, 2.05) is 0 Å². The zero-order chi connectivity index (χ0) is 17.7. The van der Waals surface area contributed by atoms with Crippen LogP contribution in [0.15, 0.2) is 59.5 Å². The number of nitro groups is 1. The molecule has 2 rings (SSSR count). The molecule has 0 spiro atoms. The maximum Gasteiger partial charge on any atom is 0.332 e. The molecule has 124 valence electrons. The van der Waals surface area contributed by atoms with Gasteiger partial charge >= 0.3 is 10.2 Å². The number of nitro benzene ring substituents is 1. The third-order valence-corrected chi connectivity index (χ3v) is 4.21. The van der Waals surface area contributed by atoms with Gasteiger partial charge in [-0.3, -0.25) is 10.1 Å². The van der Waals surface area contributed by atoms with E-state index in [1.165, 1.54) is 30.3 Å². The van der Waals surface area contributed by atoms with Crippen molar-refractivity contribution in [1.82, 2.24) is 0 Å². The van der Waals surface area contributed by atoms with Crippen LogP contribution in [0.1, 0.15) is 11.1 Å². The van der Waals surface area contributed by atoms with Crippen LogP contribution >= 0.6 is 11.6 Å². The van der Waals surface area contributed by atoms with E-state index < -0.39 is 20.0 Å². The summed E-state index contributed by atoms with van der Waals surface area (Å²) in [4.78, 5) is 9.82. The van der Waals surface area contributed by atoms with Crippen molar-refractivity contribution in [2.45, 2.75) is 4.90 Å². The first-order valence-corrected chi connectivity index (χ1v) is 8.37. The lowest BCUT2D eigenvalue weighted by Crippen LogP contribution is -1.90. The highest BCUT2D eigenvalue weighted by Gasteiger charge is 2.10. The summed E-state index contributed by atoms with van der Waals surface area (Å²) in [6, 6.07) is 9.35. The number of halogens is 2. The van der Waals surface area contributed by atoms with Gasteiger partial charge in [0.25, 0.3) is 5.69 Å². The minimum absolute atomic E-state index is 0.0638. The lowest BCUT2D eigenvalue weighted by atomic mass is 10.1. The normalized spacial score (nSPS) is 12.1. The van der Waals surface area contributed by atoms with Gasteiger partial charge in [-0.2, -0.15) is 8.42 Å². The number of hydrogen-bond acceptors (Lipinski definition) is 4. The molecule has 0 N–H and O–H groups in total. The average molecular weight is 368 g/mol. The molecule has 0 atom stereocenters. The summed E-state index contributed by atoms with van der Waals surface area (Å²) in [5, 5.41) is 11.1. The molecule has 0 amide bonds. The van der Waals surface area contributed by atoms with Crippen LogP contribution in [0.5, 0.6) is 0 Å². The average Bonchev–Trinajstić information content (AvgIpc) is 2.52. The summed E-state index contributed by atoms with van der Waals surface area (Å²) in [7, 11) is -4.70. The Labute approximate surface area is 143 Å². The second kappa shape index (κ2) is 7.37. The Morgan fingerprint density at radius 1 is 1.04 bits per heavy atom. The van der Waals surface area contributed by atoms with Gasteiger partial charge in [0, 0.05) is 17.2 Å². The minimum atomic E-state index is -4.70. The Morgan fingerprint density at radius 2 is 1.67 bits per heavy atom. The quantitative estimate of drug-likeness (QED) is 0.334. The summed E-state index contributed by atoms with van der Waals surface area (Å²) in [6.07, 6.45) is 6.54. The molecule has 0 unspecified atom stereocenters. The fraction of sp³-hybridized carbons (Fsp3) is 0. The molecule has 0 fully saturated rings. The largest absolute Gasteiger partial charge is 0.332 e. The number of nitrogens with zero attached hydrogens (tertiary/aromatic N) is 1. The Kier molecular flexibility index (Phi) is 5.48. The smallest absolute Gasteiger partial charge is 0.258 e. The molecule has 0 aromatic heterocycles. The molecule has 0 aliphatic rings. The molecule has 0 saturated heterocycles. The number of rotatable bonds is 5. The van der Waals surface area contributed by atoms with Crippen molar-refractivity contribution >= 4 is 39.7 Å². The maximum atomic E-state index is 12.8. The molecule has 0 aliphatic heterocycles. The first kappa shape index (κ1) is 17.8. The van der Waals surface area contributed by atoms with Gasteiger partial charge in [-0.05, 0) is 29.3 Å². The highest BCUT2D eigenvalue weighted by atomic mass is 35.5. The van der Waals surface area contributed by atoms with E-state index in [9.17, 15) is 22.4 Å². The predicted octanol–water partition coefficient (Wildman–Crippen LogP) is 4.63. The molecule has 2 aromatic carbocycles. The van der Waals surface area contributed by atoms with E-state index in [0.29, 0.717) is 16.1 Å². The van der Waals surface area contributed by atoms with Crippen LogP contribution in [0.4, 0.5) is 9.57 Å². The van der Waals surface area contributed by atoms with Gasteiger partial charge in [-0.15, -0.1) is 3.89 Å². The van der Waals surface area contributed by atoms with E-state index in [4.69, 9.17) is 11.6 Å². The summed E-state index contributed by atoms with van der Waals surface area (Å²) in [5.41, 5.74) is 1.10. The lowest BCUT2D eigenvalue weighted by molar-refractivity contribution is -0.384. The minimum Gasteiger partial charge on any atom is -0.258 e. The van der Waals surface area contributed by atoms with Gasteiger partial charge in [0.15, 0.2) is 0 Å². The Hall–Kier alpha value is -2.51. The van der Waals surface area contributed by atoms with Crippen LogP contribution in [-0.2, 0) is 10.2 Å². The van der Waals surface area contributed by atoms with Crippen molar-refractivity contribution in [3.05, 3.63) is 80.9 Å². The highest BCUT2D eigenvalue weighted by molar-refractivity contribution is 7.86. The fourth-order valence-electron chi connectivity index (χ4n) is 1.84. The van der Waals surface area contributed by atoms with E-state index in [2.05, 4.69) is 0 Å². The third-order valence-electron chi connectivity index (χ3n) is 3.03. The van der Waals surface area contributed by atoms with Crippen LogP contribution in [0.2, 0.25) is 5.02 Å². The van der Waals surface area contributed by atoms with Crippen LogP contribution in [0.25, 0.3) is 12.2 Å². The molecule has 24 heavy (non-hydrogen) atoms. The van der Waals surface area contributed by atoms with Crippen molar-refractivity contribution in [2.24, 2.45) is 0 Å². The van der Waals surface area contributed by atoms with E-state index >= 15 is 0 Å². The van der Waals surface area contributed by atoms with E-state index in [1.54, 1.807) is 24.3 Å². The SMILES string of the molecule is O=[N+]([O-])c1ccc(Cl)c(C=CC=Cc2ccc(S(=O)(=O)F)cc2)c1. The van der Waals surface area contributed by atoms with Crippen molar-refractivity contribution in [2.75, 3.05) is 0 Å². The van der Waals surface area contributed by atoms with E-state index in [-0.39, 0.29) is 5.69 Å². The molecule has 5 nitrogen and oxygen atoms in total. The number of non-ortho nitro benzene ring substituents is 1. The molecular weight excluding hydrogens is 357 g/mol. The summed E-state index contributed by atoms with van der Waals surface area (Å²) < 4.78 is 34.2. The highest BCUT2D eigenvalue weighted by Crippen LogP contribution is 2.23. The summed E-state index contributed by atoms with van der Waals surface area (Å²) >= 11 is 5.97. The van der Waals surface area contributed by atoms with Crippen LogP contribution < -0.4 is 0 Å². The van der Waals surface area contributed by atoms with E-state index in [0.717, 1.165) is 12.1 Å². The van der Waals surface area contributed by atoms with Crippen molar-refractivity contribution < 1.29 is 17.2 Å². The maximum absolute atomic E-state index is 12.8. The van der Waals surface area contributed by atoms with Gasteiger partial charge in [-0.25, -0.2) is 0 Å². The number of hydrogen-bond donors (Lipinski definition) is 0. The molecule has 0 radical (unpaired) electrons. The van der Waals surface area contributed by atoms with Crippen LogP contribution in [0.3, 0.4) is 0 Å². The monoisotopic (exact) mass is 367 g/mol. The van der Waals surface area contributed by atoms with Gasteiger partial charge in [0.1, 0.15) is 0 Å². The summed E-state index contributed by atoms with van der Waals surface area (Å²) in [6.45, 7) is 0. The Balaban J connectivity index is 2.13. The zero-order valence-electron chi connectivity index (χ0n) is 12.1. The second-order valence-electron chi connectivity index (χ2n) is 4.69. The van der Waals surface area contributed by atoms with Crippen molar-refractivity contribution in [3.8, 4) is 0 Å². The van der Waals surface area contributed by atoms with Crippen LogP contribution in [-0.4, -0.2) is 13.3 Å². The van der Waals surface area contributed by atoms with Gasteiger partial charge in [0.2, 0.25) is 0 Å². The van der Waals surface area contributed by atoms with Gasteiger partial charge < -0.3 is 0 Å². The van der Waals surface area contributed by atoms with Crippen molar-refractivity contribution in [1.29, 1.82) is 0 Å². The fourth-order valence-corrected chi connectivity index (χ4v) is 2.48. The first-order chi connectivity index (χ1) is 11.3. The third kappa shape index (κ3) is 4.74. The Morgan fingerprint density at radius 3 is 2.25 bits per heavy atom. The lowest BCUT2D eigenvalue weighted by Gasteiger charge is -1.98. The molecular formula is C16H11ClFNO4S. The molecule has 0 saturated carbocycles.